The van der Waals surface area contributed by atoms with Crippen LogP contribution in [0.25, 0.3) is 11.3 Å². The Labute approximate surface area is 209 Å². The molecule has 0 amide bonds. The SMILES string of the molecule is CC.CCC.CCOC(=O)c1cn2c(cc1=O)-c1cc(OC)c(OCC3CC(OC)C3)cc1CC2. The fourth-order valence-corrected chi connectivity index (χ4v) is 4.12. The zero-order chi connectivity index (χ0) is 26.0. The first-order chi connectivity index (χ1) is 16.9. The molecule has 0 atom stereocenters. The second-order valence-corrected chi connectivity index (χ2v) is 8.47. The Hall–Kier alpha value is -2.80. The zero-order valence-electron chi connectivity index (χ0n) is 22.3. The Morgan fingerprint density at radius 3 is 2.34 bits per heavy atom. The quantitative estimate of drug-likeness (QED) is 0.480. The van der Waals surface area contributed by atoms with Gasteiger partial charge in [0.2, 0.25) is 0 Å². The van der Waals surface area contributed by atoms with E-state index in [1.165, 1.54) is 12.5 Å². The molecular weight excluding hydrogens is 446 g/mol. The fraction of sp³-hybridized carbons (Fsp3) is 0.571. The van der Waals surface area contributed by atoms with Gasteiger partial charge in [0.1, 0.15) is 5.56 Å². The van der Waals surface area contributed by atoms with E-state index in [0.717, 1.165) is 41.8 Å². The number of carbonyl (C=O) groups is 1. The highest BCUT2D eigenvalue weighted by atomic mass is 16.5. The average Bonchev–Trinajstić information content (AvgIpc) is 2.84. The molecule has 0 saturated heterocycles. The summed E-state index contributed by atoms with van der Waals surface area (Å²) in [5.74, 6) is 1.26. The van der Waals surface area contributed by atoms with Gasteiger partial charge >= 0.3 is 5.97 Å². The van der Waals surface area contributed by atoms with Gasteiger partial charge < -0.3 is 23.5 Å². The van der Waals surface area contributed by atoms with Crippen LogP contribution in [0.4, 0.5) is 0 Å². The molecule has 35 heavy (non-hydrogen) atoms. The maximum atomic E-state index is 12.5. The molecule has 4 rings (SSSR count). The van der Waals surface area contributed by atoms with Crippen molar-refractivity contribution in [3.63, 3.8) is 0 Å². The monoisotopic (exact) mass is 487 g/mol. The van der Waals surface area contributed by atoms with Crippen LogP contribution in [0.3, 0.4) is 0 Å². The van der Waals surface area contributed by atoms with Gasteiger partial charge in [-0.05, 0) is 49.8 Å². The molecule has 0 unspecified atom stereocenters. The van der Waals surface area contributed by atoms with Crippen LogP contribution < -0.4 is 14.9 Å². The number of methoxy groups -OCH3 is 2. The Morgan fingerprint density at radius 2 is 1.74 bits per heavy atom. The summed E-state index contributed by atoms with van der Waals surface area (Å²) in [6, 6.07) is 5.43. The number of benzene rings is 1. The van der Waals surface area contributed by atoms with Gasteiger partial charge in [0.05, 0.1) is 32.1 Å². The lowest BCUT2D eigenvalue weighted by Gasteiger charge is -2.34. The molecule has 7 heteroatoms. The summed E-state index contributed by atoms with van der Waals surface area (Å²) < 4.78 is 23.9. The van der Waals surface area contributed by atoms with Gasteiger partial charge in [-0.15, -0.1) is 0 Å². The van der Waals surface area contributed by atoms with Crippen LogP contribution in [0.15, 0.2) is 29.2 Å². The van der Waals surface area contributed by atoms with Gasteiger partial charge in [-0.1, -0.05) is 34.1 Å². The molecule has 1 aromatic heterocycles. The number of fused-ring (bicyclic) bond motifs is 3. The summed E-state index contributed by atoms with van der Waals surface area (Å²) in [4.78, 5) is 24.6. The number of hydrogen-bond acceptors (Lipinski definition) is 6. The first kappa shape index (κ1) is 28.4. The molecule has 194 valence electrons. The van der Waals surface area contributed by atoms with Crippen LogP contribution in [-0.4, -0.2) is 44.1 Å². The second kappa shape index (κ2) is 13.9. The number of esters is 1. The molecule has 0 spiro atoms. The number of rotatable bonds is 7. The van der Waals surface area contributed by atoms with Crippen molar-refractivity contribution < 1.29 is 23.7 Å². The average molecular weight is 488 g/mol. The lowest BCUT2D eigenvalue weighted by Crippen LogP contribution is -2.34. The Balaban J connectivity index is 0.000000803. The number of ether oxygens (including phenoxy) is 4. The van der Waals surface area contributed by atoms with Crippen LogP contribution in [-0.2, 0) is 22.4 Å². The minimum Gasteiger partial charge on any atom is -0.493 e. The lowest BCUT2D eigenvalue weighted by atomic mass is 9.83. The van der Waals surface area contributed by atoms with Crippen molar-refractivity contribution in [2.75, 3.05) is 27.4 Å². The van der Waals surface area contributed by atoms with Crippen molar-refractivity contribution in [3.8, 4) is 22.8 Å². The molecule has 1 aliphatic carbocycles. The Morgan fingerprint density at radius 1 is 1.06 bits per heavy atom. The van der Waals surface area contributed by atoms with Crippen LogP contribution in [0.1, 0.15) is 69.8 Å². The van der Waals surface area contributed by atoms with Crippen molar-refractivity contribution in [3.05, 3.63) is 45.7 Å². The minimum atomic E-state index is -0.586. The van der Waals surface area contributed by atoms with E-state index in [-0.39, 0.29) is 17.6 Å². The summed E-state index contributed by atoms with van der Waals surface area (Å²) >= 11 is 0. The number of hydrogen-bond donors (Lipinski definition) is 0. The van der Waals surface area contributed by atoms with E-state index in [1.54, 1.807) is 27.3 Å². The lowest BCUT2D eigenvalue weighted by molar-refractivity contribution is -0.0144. The number of nitrogens with zero attached hydrogens (tertiary/aromatic N) is 1. The highest BCUT2D eigenvalue weighted by Crippen LogP contribution is 2.39. The second-order valence-electron chi connectivity index (χ2n) is 8.47. The predicted molar refractivity (Wildman–Crippen MR) is 139 cm³/mol. The normalized spacial score (nSPS) is 17.2. The van der Waals surface area contributed by atoms with Crippen molar-refractivity contribution in [2.24, 2.45) is 5.92 Å². The van der Waals surface area contributed by atoms with Crippen LogP contribution in [0, 0.1) is 5.92 Å². The number of aryl methyl sites for hydroxylation is 2. The Bertz CT molecular complexity index is 1020. The Kier molecular flexibility index (Phi) is 11.3. The first-order valence-corrected chi connectivity index (χ1v) is 12.7. The maximum absolute atomic E-state index is 12.5. The molecule has 0 radical (unpaired) electrons. The smallest absolute Gasteiger partial charge is 0.343 e. The maximum Gasteiger partial charge on any atom is 0.343 e. The first-order valence-electron chi connectivity index (χ1n) is 12.7. The van der Waals surface area contributed by atoms with Gasteiger partial charge in [-0.2, -0.15) is 0 Å². The van der Waals surface area contributed by atoms with Gasteiger partial charge in [-0.25, -0.2) is 4.79 Å². The van der Waals surface area contributed by atoms with Crippen molar-refractivity contribution in [1.29, 1.82) is 0 Å². The largest absolute Gasteiger partial charge is 0.493 e. The van der Waals surface area contributed by atoms with E-state index in [2.05, 4.69) is 13.8 Å². The fourth-order valence-electron chi connectivity index (χ4n) is 4.12. The standard InChI is InChI=1S/C23H27NO6.C3H8.C2H6/c1-4-29-23(26)18-12-24-6-5-15-9-22(30-13-14-7-16(8-14)27-2)21(28-3)10-17(15)19(24)11-20(18)25;1-3-2;1-2/h9-12,14,16H,4-8,13H2,1-3H3;3H2,1-2H3;1-2H3. The van der Waals surface area contributed by atoms with Crippen LogP contribution >= 0.6 is 0 Å². The van der Waals surface area contributed by atoms with Gasteiger partial charge in [0, 0.05) is 31.5 Å². The molecule has 1 fully saturated rings. The highest BCUT2D eigenvalue weighted by molar-refractivity contribution is 5.89. The van der Waals surface area contributed by atoms with E-state index >= 15 is 0 Å². The van der Waals surface area contributed by atoms with Crippen LogP contribution in [0.2, 0.25) is 0 Å². The summed E-state index contributed by atoms with van der Waals surface area (Å²) in [5, 5.41) is 0. The predicted octanol–water partition coefficient (Wildman–Crippen LogP) is 5.50. The highest BCUT2D eigenvalue weighted by Gasteiger charge is 2.30. The third-order valence-electron chi connectivity index (χ3n) is 5.91. The van der Waals surface area contributed by atoms with Crippen molar-refractivity contribution >= 4 is 5.97 Å². The number of aromatic nitrogens is 1. The third-order valence-corrected chi connectivity index (χ3v) is 5.91. The molecule has 2 aliphatic rings. The molecule has 0 bridgehead atoms. The zero-order valence-corrected chi connectivity index (χ0v) is 22.3. The minimum absolute atomic E-state index is 0.0610. The van der Waals surface area contributed by atoms with E-state index < -0.39 is 5.97 Å². The van der Waals surface area contributed by atoms with Crippen molar-refractivity contribution in [2.45, 2.75) is 73.0 Å². The molecule has 7 nitrogen and oxygen atoms in total. The molecule has 2 aromatic rings. The molecule has 1 aliphatic heterocycles. The van der Waals surface area contributed by atoms with E-state index in [0.29, 0.717) is 30.9 Å². The molecular formula is C28H41NO6. The van der Waals surface area contributed by atoms with E-state index in [9.17, 15) is 9.59 Å². The summed E-state index contributed by atoms with van der Waals surface area (Å²) in [6.45, 7) is 11.5. The third kappa shape index (κ3) is 6.88. The summed E-state index contributed by atoms with van der Waals surface area (Å²) in [6.07, 6.45) is 5.99. The van der Waals surface area contributed by atoms with Gasteiger partial charge in [0.25, 0.3) is 0 Å². The van der Waals surface area contributed by atoms with Crippen LogP contribution in [0.5, 0.6) is 11.5 Å². The number of carbonyl (C=O) groups excluding carboxylic acids is 1. The number of pyridine rings is 1. The van der Waals surface area contributed by atoms with Gasteiger partial charge in [-0.3, -0.25) is 4.79 Å². The van der Waals surface area contributed by atoms with Gasteiger partial charge in [0.15, 0.2) is 16.9 Å². The van der Waals surface area contributed by atoms with Crippen molar-refractivity contribution in [1.82, 2.24) is 4.57 Å². The molecule has 1 aromatic carbocycles. The van der Waals surface area contributed by atoms with E-state index in [1.807, 2.05) is 30.5 Å². The topological polar surface area (TPSA) is 76.0 Å². The summed E-state index contributed by atoms with van der Waals surface area (Å²) in [7, 11) is 3.35. The molecule has 0 N–H and O–H groups in total. The summed E-state index contributed by atoms with van der Waals surface area (Å²) in [5.41, 5.74) is 2.50. The molecule has 2 heterocycles. The van der Waals surface area contributed by atoms with E-state index in [4.69, 9.17) is 18.9 Å². The molecule has 1 saturated carbocycles.